The highest BCUT2D eigenvalue weighted by Gasteiger charge is 2.52. The summed E-state index contributed by atoms with van der Waals surface area (Å²) in [7, 11) is 0. The molecule has 1 N–H and O–H groups in total. The third-order valence-corrected chi connectivity index (χ3v) is 3.29. The number of hydrogen-bond acceptors (Lipinski definition) is 1. The Morgan fingerprint density at radius 1 is 1.29 bits per heavy atom. The Morgan fingerprint density at radius 2 is 1.86 bits per heavy atom. The van der Waals surface area contributed by atoms with Crippen LogP contribution in [0.25, 0.3) is 0 Å². The van der Waals surface area contributed by atoms with Crippen LogP contribution in [0.15, 0.2) is 18.2 Å². The first kappa shape index (κ1) is 9.72. The van der Waals surface area contributed by atoms with Crippen LogP contribution in [0.2, 0.25) is 0 Å². The number of rotatable bonds is 2. The van der Waals surface area contributed by atoms with Gasteiger partial charge in [0.15, 0.2) is 0 Å². The lowest BCUT2D eigenvalue weighted by atomic mass is 10.00. The Labute approximate surface area is 85.8 Å². The van der Waals surface area contributed by atoms with E-state index >= 15 is 0 Å². The predicted octanol–water partition coefficient (Wildman–Crippen LogP) is 2.92. The number of benzene rings is 1. The molecule has 0 heterocycles. The molecule has 0 bridgehead atoms. The van der Waals surface area contributed by atoms with Crippen LogP contribution in [0.1, 0.15) is 36.5 Å². The molecule has 0 aromatic heterocycles. The molecular formula is C13H18O. The molecular weight excluding hydrogens is 172 g/mol. The molecule has 0 spiro atoms. The SMILES string of the molecule is CCC1CC1(O)c1cc(C)cc(C)c1. The molecule has 1 aliphatic carbocycles. The quantitative estimate of drug-likeness (QED) is 0.760. The molecule has 0 saturated heterocycles. The van der Waals surface area contributed by atoms with Crippen molar-refractivity contribution in [2.45, 2.75) is 39.2 Å². The van der Waals surface area contributed by atoms with Crippen molar-refractivity contribution in [1.29, 1.82) is 0 Å². The van der Waals surface area contributed by atoms with E-state index in [-0.39, 0.29) is 0 Å². The summed E-state index contributed by atoms with van der Waals surface area (Å²) in [5.41, 5.74) is 3.10. The van der Waals surface area contributed by atoms with Gasteiger partial charge in [-0.05, 0) is 31.7 Å². The standard InChI is InChI=1S/C13H18O/c1-4-11-8-13(11,14)12-6-9(2)5-10(3)7-12/h5-7,11,14H,4,8H2,1-3H3. The van der Waals surface area contributed by atoms with Crippen molar-refractivity contribution >= 4 is 0 Å². The van der Waals surface area contributed by atoms with E-state index in [9.17, 15) is 5.11 Å². The van der Waals surface area contributed by atoms with E-state index in [4.69, 9.17) is 0 Å². The van der Waals surface area contributed by atoms with Crippen molar-refractivity contribution in [3.8, 4) is 0 Å². The van der Waals surface area contributed by atoms with Crippen LogP contribution >= 0.6 is 0 Å². The minimum Gasteiger partial charge on any atom is -0.385 e. The lowest BCUT2D eigenvalue weighted by Crippen LogP contribution is -2.08. The van der Waals surface area contributed by atoms with Crippen molar-refractivity contribution in [3.63, 3.8) is 0 Å². The maximum absolute atomic E-state index is 10.3. The second-order valence-corrected chi connectivity index (χ2v) is 4.61. The second-order valence-electron chi connectivity index (χ2n) is 4.61. The van der Waals surface area contributed by atoms with Crippen LogP contribution in [0.5, 0.6) is 0 Å². The van der Waals surface area contributed by atoms with E-state index in [2.05, 4.69) is 39.0 Å². The van der Waals surface area contributed by atoms with Crippen LogP contribution < -0.4 is 0 Å². The zero-order valence-electron chi connectivity index (χ0n) is 9.17. The third kappa shape index (κ3) is 1.46. The highest BCUT2D eigenvalue weighted by molar-refractivity contribution is 5.36. The van der Waals surface area contributed by atoms with E-state index in [1.807, 2.05) is 0 Å². The first-order valence-electron chi connectivity index (χ1n) is 5.37. The largest absolute Gasteiger partial charge is 0.385 e. The first-order valence-corrected chi connectivity index (χ1v) is 5.37. The summed E-state index contributed by atoms with van der Waals surface area (Å²) in [5.74, 6) is 0.476. The summed E-state index contributed by atoms with van der Waals surface area (Å²) in [6.45, 7) is 6.32. The summed E-state index contributed by atoms with van der Waals surface area (Å²) >= 11 is 0. The van der Waals surface area contributed by atoms with Crippen LogP contribution in [0.3, 0.4) is 0 Å². The highest BCUT2D eigenvalue weighted by atomic mass is 16.3. The fourth-order valence-electron chi connectivity index (χ4n) is 2.38. The van der Waals surface area contributed by atoms with Gasteiger partial charge in [-0.25, -0.2) is 0 Å². The molecule has 0 aliphatic heterocycles. The van der Waals surface area contributed by atoms with Crippen molar-refractivity contribution < 1.29 is 5.11 Å². The van der Waals surface area contributed by atoms with Crippen molar-refractivity contribution in [2.75, 3.05) is 0 Å². The first-order chi connectivity index (χ1) is 6.56. The molecule has 2 unspecified atom stereocenters. The van der Waals surface area contributed by atoms with E-state index in [1.165, 1.54) is 11.1 Å². The summed E-state index contributed by atoms with van der Waals surface area (Å²) in [5, 5.41) is 10.3. The minimum atomic E-state index is -0.508. The van der Waals surface area contributed by atoms with Crippen molar-refractivity contribution in [1.82, 2.24) is 0 Å². The van der Waals surface area contributed by atoms with Gasteiger partial charge in [0.05, 0.1) is 5.60 Å². The van der Waals surface area contributed by atoms with Gasteiger partial charge in [0.1, 0.15) is 0 Å². The highest BCUT2D eigenvalue weighted by Crippen LogP contribution is 2.53. The Bertz CT molecular complexity index is 336. The number of aryl methyl sites for hydroxylation is 2. The van der Waals surface area contributed by atoms with Gasteiger partial charge in [0.25, 0.3) is 0 Å². The van der Waals surface area contributed by atoms with Crippen molar-refractivity contribution in [3.05, 3.63) is 34.9 Å². The normalized spacial score (nSPS) is 30.4. The van der Waals surface area contributed by atoms with Crippen LogP contribution in [0, 0.1) is 19.8 Å². The predicted molar refractivity (Wildman–Crippen MR) is 58.2 cm³/mol. The summed E-state index contributed by atoms with van der Waals surface area (Å²) in [6, 6.07) is 6.38. The second kappa shape index (κ2) is 3.09. The smallest absolute Gasteiger partial charge is 0.0929 e. The molecule has 0 amide bonds. The molecule has 14 heavy (non-hydrogen) atoms. The Balaban J connectivity index is 2.34. The number of hydrogen-bond donors (Lipinski definition) is 1. The van der Waals surface area contributed by atoms with Gasteiger partial charge >= 0.3 is 0 Å². The minimum absolute atomic E-state index is 0.476. The molecule has 0 radical (unpaired) electrons. The zero-order chi connectivity index (χ0) is 10.3. The third-order valence-electron chi connectivity index (χ3n) is 3.29. The molecule has 1 aromatic rings. The van der Waals surface area contributed by atoms with Crippen molar-refractivity contribution in [2.24, 2.45) is 5.92 Å². The molecule has 1 fully saturated rings. The molecule has 2 rings (SSSR count). The Morgan fingerprint density at radius 3 is 2.29 bits per heavy atom. The molecule has 76 valence electrons. The maximum atomic E-state index is 10.3. The van der Waals surface area contributed by atoms with Gasteiger partial charge in [-0.3, -0.25) is 0 Å². The average molecular weight is 190 g/mol. The monoisotopic (exact) mass is 190 g/mol. The molecule has 1 nitrogen and oxygen atoms in total. The molecule has 2 atom stereocenters. The van der Waals surface area contributed by atoms with Gasteiger partial charge in [0.2, 0.25) is 0 Å². The van der Waals surface area contributed by atoms with Crippen LogP contribution in [-0.4, -0.2) is 5.11 Å². The fourth-order valence-corrected chi connectivity index (χ4v) is 2.38. The molecule has 1 aliphatic rings. The molecule has 1 aromatic carbocycles. The topological polar surface area (TPSA) is 20.2 Å². The van der Waals surface area contributed by atoms with Gasteiger partial charge in [-0.1, -0.05) is 42.7 Å². The zero-order valence-corrected chi connectivity index (χ0v) is 9.17. The van der Waals surface area contributed by atoms with E-state index in [0.717, 1.165) is 18.4 Å². The van der Waals surface area contributed by atoms with Gasteiger partial charge in [0, 0.05) is 0 Å². The van der Waals surface area contributed by atoms with E-state index in [0.29, 0.717) is 5.92 Å². The Kier molecular flexibility index (Phi) is 2.15. The van der Waals surface area contributed by atoms with Gasteiger partial charge in [-0.15, -0.1) is 0 Å². The van der Waals surface area contributed by atoms with Crippen LogP contribution in [-0.2, 0) is 5.60 Å². The molecule has 1 saturated carbocycles. The van der Waals surface area contributed by atoms with Gasteiger partial charge < -0.3 is 5.11 Å². The van der Waals surface area contributed by atoms with Crippen LogP contribution in [0.4, 0.5) is 0 Å². The summed E-state index contributed by atoms with van der Waals surface area (Å²) in [4.78, 5) is 0. The summed E-state index contributed by atoms with van der Waals surface area (Å²) < 4.78 is 0. The van der Waals surface area contributed by atoms with E-state index < -0.39 is 5.60 Å². The summed E-state index contributed by atoms with van der Waals surface area (Å²) in [6.07, 6.45) is 2.01. The fraction of sp³-hybridized carbons (Fsp3) is 0.538. The average Bonchev–Trinajstić information content (AvgIpc) is 2.77. The number of aliphatic hydroxyl groups is 1. The van der Waals surface area contributed by atoms with Gasteiger partial charge in [-0.2, -0.15) is 0 Å². The maximum Gasteiger partial charge on any atom is 0.0929 e. The van der Waals surface area contributed by atoms with E-state index in [1.54, 1.807) is 0 Å². The Hall–Kier alpha value is -0.820. The lowest BCUT2D eigenvalue weighted by molar-refractivity contribution is 0.130. The molecule has 1 heteroatoms. The lowest BCUT2D eigenvalue weighted by Gasteiger charge is -2.12.